The zero-order valence-electron chi connectivity index (χ0n) is 29.9. The Labute approximate surface area is 297 Å². The molecule has 2 aromatic carbocycles. The first-order valence-corrected chi connectivity index (χ1v) is 20.9. The van der Waals surface area contributed by atoms with Gasteiger partial charge in [0.15, 0.2) is 11.6 Å². The Hall–Kier alpha value is -2.44. The Kier molecular flexibility index (Phi) is 11.8. The molecule has 49 heavy (non-hydrogen) atoms. The van der Waals surface area contributed by atoms with Crippen LogP contribution in [0.1, 0.15) is 59.8 Å². The Bertz CT molecular complexity index is 1680. The smallest absolute Gasteiger partial charge is 0.210 e. The molecule has 6 rings (SSSR count). The Morgan fingerprint density at radius 2 is 1.53 bits per heavy atom. The quantitative estimate of drug-likeness (QED) is 0.200. The Morgan fingerprint density at radius 3 is 2.10 bits per heavy atom. The second-order valence-corrected chi connectivity index (χ2v) is 17.3. The highest BCUT2D eigenvalue weighted by Crippen LogP contribution is 2.39. The number of pyridine rings is 1. The van der Waals surface area contributed by atoms with Crippen molar-refractivity contribution < 1.29 is 17.5 Å². The van der Waals surface area contributed by atoms with Gasteiger partial charge in [0.05, 0.1) is 22.2 Å². The molecule has 3 fully saturated rings. The summed E-state index contributed by atoms with van der Waals surface area (Å²) < 4.78 is 49.9. The minimum Gasteiger partial charge on any atom is -0.488 e. The second-order valence-electron chi connectivity index (χ2n) is 14.5. The third-order valence-corrected chi connectivity index (χ3v) is 13.3. The molecule has 0 amide bonds. The van der Waals surface area contributed by atoms with E-state index in [0.717, 1.165) is 86.9 Å². The lowest BCUT2D eigenvalue weighted by Gasteiger charge is -2.46. The maximum Gasteiger partial charge on any atom is 0.210 e. The van der Waals surface area contributed by atoms with Crippen LogP contribution in [-0.4, -0.2) is 111 Å². The number of hydrogen-bond donors (Lipinski definition) is 0. The molecule has 3 saturated heterocycles. The average Bonchev–Trinajstić information content (AvgIpc) is 3.11. The zero-order chi connectivity index (χ0) is 34.7. The van der Waals surface area contributed by atoms with E-state index in [1.807, 2.05) is 31.4 Å². The van der Waals surface area contributed by atoms with E-state index in [0.29, 0.717) is 23.7 Å². The molecule has 0 saturated carbocycles. The molecule has 0 spiro atoms. The molecular formula is C38H54FN5O3S2. The molecule has 268 valence electrons. The van der Waals surface area contributed by atoms with Gasteiger partial charge in [-0.05, 0) is 107 Å². The SMILES string of the molecule is CCN1CCC(N2CCN(C3CCN(c4c(S(=O)(=O)c5ccc(OC(C)CC(C)C)c(F)c5)cnc5ccc(SC)cc45)CC3)CC2)CC1. The number of nitrogens with zero attached hydrogens (tertiary/aromatic N) is 5. The number of likely N-dealkylation sites (tertiary alicyclic amines) is 1. The van der Waals surface area contributed by atoms with E-state index in [9.17, 15) is 8.42 Å². The first kappa shape index (κ1) is 36.4. The van der Waals surface area contributed by atoms with E-state index in [4.69, 9.17) is 4.74 Å². The van der Waals surface area contributed by atoms with Crippen molar-refractivity contribution in [2.75, 3.05) is 70.1 Å². The van der Waals surface area contributed by atoms with E-state index >= 15 is 4.39 Å². The highest BCUT2D eigenvalue weighted by molar-refractivity contribution is 7.98. The summed E-state index contributed by atoms with van der Waals surface area (Å²) in [5.74, 6) is -0.209. The summed E-state index contributed by atoms with van der Waals surface area (Å²) in [4.78, 5) is 15.9. The first-order valence-electron chi connectivity index (χ1n) is 18.2. The van der Waals surface area contributed by atoms with E-state index in [2.05, 4.69) is 45.4 Å². The lowest BCUT2D eigenvalue weighted by molar-refractivity contribution is 0.0384. The summed E-state index contributed by atoms with van der Waals surface area (Å²) in [6.07, 6.45) is 8.56. The van der Waals surface area contributed by atoms with Gasteiger partial charge in [-0.3, -0.25) is 14.8 Å². The maximum atomic E-state index is 15.4. The monoisotopic (exact) mass is 711 g/mol. The molecule has 1 atom stereocenters. The molecule has 8 nitrogen and oxygen atoms in total. The summed E-state index contributed by atoms with van der Waals surface area (Å²) in [6.45, 7) is 17.9. The standard InChI is InChI=1S/C38H54FN5O3S2/c1-6-41-15-11-29(12-16-41)42-19-21-43(22-20-42)30-13-17-44(18-14-30)38-33-24-31(48-5)7-9-35(33)40-26-37(38)49(45,46)32-8-10-36(34(39)25-32)47-28(4)23-27(2)3/h7-10,24-30H,6,11-23H2,1-5H3. The number of ether oxygens (including phenoxy) is 1. The van der Waals surface area contributed by atoms with Crippen LogP contribution in [0.5, 0.6) is 5.75 Å². The van der Waals surface area contributed by atoms with E-state index in [1.54, 1.807) is 11.8 Å². The van der Waals surface area contributed by atoms with Crippen LogP contribution in [0.25, 0.3) is 10.9 Å². The van der Waals surface area contributed by atoms with Crippen LogP contribution in [0.2, 0.25) is 0 Å². The molecular weight excluding hydrogens is 658 g/mol. The van der Waals surface area contributed by atoms with Gasteiger partial charge in [0.1, 0.15) is 4.90 Å². The third kappa shape index (κ3) is 8.22. The summed E-state index contributed by atoms with van der Waals surface area (Å²) in [5.41, 5.74) is 1.43. The number of benzene rings is 2. The maximum absolute atomic E-state index is 15.4. The van der Waals surface area contributed by atoms with Crippen molar-refractivity contribution in [2.45, 2.75) is 92.7 Å². The molecule has 1 unspecified atom stereocenters. The van der Waals surface area contributed by atoms with Gasteiger partial charge in [-0.15, -0.1) is 11.8 Å². The van der Waals surface area contributed by atoms with E-state index in [-0.39, 0.29) is 21.6 Å². The summed E-state index contributed by atoms with van der Waals surface area (Å²) in [6, 6.07) is 11.2. The lowest BCUT2D eigenvalue weighted by Crippen LogP contribution is -2.56. The molecule has 0 bridgehead atoms. The Morgan fingerprint density at radius 1 is 0.898 bits per heavy atom. The molecule has 0 N–H and O–H groups in total. The molecule has 3 aliphatic rings. The number of sulfone groups is 1. The van der Waals surface area contributed by atoms with Crippen molar-refractivity contribution in [3.8, 4) is 5.75 Å². The van der Waals surface area contributed by atoms with Crippen molar-refractivity contribution in [1.82, 2.24) is 19.7 Å². The lowest BCUT2D eigenvalue weighted by atomic mass is 9.99. The first-order chi connectivity index (χ1) is 23.6. The van der Waals surface area contributed by atoms with Gasteiger partial charge in [-0.25, -0.2) is 12.8 Å². The van der Waals surface area contributed by atoms with Crippen LogP contribution < -0.4 is 9.64 Å². The highest BCUT2D eigenvalue weighted by Gasteiger charge is 2.34. The van der Waals surface area contributed by atoms with Crippen LogP contribution in [0, 0.1) is 11.7 Å². The summed E-state index contributed by atoms with van der Waals surface area (Å²) >= 11 is 1.62. The molecule has 0 radical (unpaired) electrons. The van der Waals surface area contributed by atoms with Crippen LogP contribution in [0.3, 0.4) is 0 Å². The number of halogens is 1. The number of piperazine rings is 1. The topological polar surface area (TPSA) is 69.2 Å². The number of rotatable bonds is 11. The van der Waals surface area contributed by atoms with E-state index in [1.165, 1.54) is 44.3 Å². The van der Waals surface area contributed by atoms with E-state index < -0.39 is 15.7 Å². The van der Waals surface area contributed by atoms with Gasteiger partial charge in [0, 0.05) is 67.8 Å². The molecule has 1 aromatic heterocycles. The van der Waals surface area contributed by atoms with Crippen LogP contribution in [0.4, 0.5) is 10.1 Å². The second kappa shape index (κ2) is 15.8. The molecule has 3 aliphatic heterocycles. The van der Waals surface area contributed by atoms with Crippen molar-refractivity contribution in [3.05, 3.63) is 48.4 Å². The van der Waals surface area contributed by atoms with Gasteiger partial charge in [0.2, 0.25) is 9.84 Å². The van der Waals surface area contributed by atoms with Gasteiger partial charge < -0.3 is 14.5 Å². The minimum absolute atomic E-state index is 0.0679. The molecule has 4 heterocycles. The summed E-state index contributed by atoms with van der Waals surface area (Å²) in [5, 5.41) is 0.817. The van der Waals surface area contributed by atoms with Gasteiger partial charge >= 0.3 is 0 Å². The fourth-order valence-corrected chi connectivity index (χ4v) is 10.00. The summed E-state index contributed by atoms with van der Waals surface area (Å²) in [7, 11) is -4.10. The van der Waals surface area contributed by atoms with Crippen LogP contribution in [-0.2, 0) is 9.84 Å². The predicted octanol–water partition coefficient (Wildman–Crippen LogP) is 6.81. The van der Waals surface area contributed by atoms with Crippen molar-refractivity contribution in [2.24, 2.45) is 5.92 Å². The van der Waals surface area contributed by atoms with Crippen LogP contribution >= 0.6 is 11.8 Å². The molecule has 0 aliphatic carbocycles. The van der Waals surface area contributed by atoms with Crippen molar-refractivity contribution in [1.29, 1.82) is 0 Å². The Balaban J connectivity index is 1.20. The number of hydrogen-bond acceptors (Lipinski definition) is 9. The van der Waals surface area contributed by atoms with Crippen LogP contribution in [0.15, 0.2) is 57.3 Å². The predicted molar refractivity (Wildman–Crippen MR) is 198 cm³/mol. The zero-order valence-corrected chi connectivity index (χ0v) is 31.5. The fraction of sp³-hybridized carbons (Fsp3) is 0.605. The highest BCUT2D eigenvalue weighted by atomic mass is 32.2. The number of aromatic nitrogens is 1. The normalized spacial score (nSPS) is 20.3. The molecule has 11 heteroatoms. The minimum atomic E-state index is -4.10. The third-order valence-electron chi connectivity index (χ3n) is 10.8. The number of thioether (sulfide) groups is 1. The van der Waals surface area contributed by atoms with Crippen molar-refractivity contribution in [3.63, 3.8) is 0 Å². The number of piperidine rings is 2. The number of fused-ring (bicyclic) bond motifs is 1. The van der Waals surface area contributed by atoms with Crippen molar-refractivity contribution >= 4 is 38.2 Å². The van der Waals surface area contributed by atoms with Gasteiger partial charge in [-0.1, -0.05) is 20.8 Å². The van der Waals surface area contributed by atoms with Gasteiger partial charge in [-0.2, -0.15) is 0 Å². The largest absolute Gasteiger partial charge is 0.488 e. The number of anilines is 1. The average molecular weight is 712 g/mol. The fourth-order valence-electron chi connectivity index (χ4n) is 8.11. The molecule has 3 aromatic rings. The van der Waals surface area contributed by atoms with Gasteiger partial charge in [0.25, 0.3) is 0 Å².